The molecule has 0 aromatic heterocycles. The first-order chi connectivity index (χ1) is 11.8. The molecule has 0 unspecified atom stereocenters. The third kappa shape index (κ3) is 6.15. The van der Waals surface area contributed by atoms with Gasteiger partial charge in [0.15, 0.2) is 0 Å². The number of terminal acetylenes is 1. The summed E-state index contributed by atoms with van der Waals surface area (Å²) < 4.78 is 5.48. The molecule has 24 heavy (non-hydrogen) atoms. The van der Waals surface area contributed by atoms with Gasteiger partial charge in [0.2, 0.25) is 5.91 Å². The number of ether oxygens (including phenoxy) is 1. The van der Waals surface area contributed by atoms with E-state index in [0.717, 1.165) is 17.7 Å². The zero-order valence-electron chi connectivity index (χ0n) is 13.6. The number of carbonyl (C=O) groups excluding carboxylic acids is 1. The van der Waals surface area contributed by atoms with Crippen molar-refractivity contribution in [3.05, 3.63) is 65.7 Å². The molecule has 0 aliphatic heterocycles. The number of carbonyl (C=O) groups is 1. The summed E-state index contributed by atoms with van der Waals surface area (Å²) in [7, 11) is 0. The Kier molecular flexibility index (Phi) is 7.39. The van der Waals surface area contributed by atoms with Crippen LogP contribution in [0.4, 0.5) is 0 Å². The van der Waals surface area contributed by atoms with Gasteiger partial charge in [-0.25, -0.2) is 0 Å². The highest BCUT2D eigenvalue weighted by Gasteiger charge is 2.04. The van der Waals surface area contributed by atoms with Crippen LogP contribution in [0.3, 0.4) is 0 Å². The first-order valence-corrected chi connectivity index (χ1v) is 7.95. The molecule has 4 heteroatoms. The molecule has 2 N–H and O–H groups in total. The summed E-state index contributed by atoms with van der Waals surface area (Å²) in [6.07, 6.45) is 6.04. The Labute approximate surface area is 143 Å². The van der Waals surface area contributed by atoms with Gasteiger partial charge in [-0.15, -0.1) is 6.42 Å². The highest BCUT2D eigenvalue weighted by atomic mass is 16.5. The molecule has 0 aliphatic rings. The molecule has 124 valence electrons. The van der Waals surface area contributed by atoms with Crippen molar-refractivity contribution < 1.29 is 9.53 Å². The van der Waals surface area contributed by atoms with Crippen molar-refractivity contribution in [1.29, 1.82) is 0 Å². The third-order valence-corrected chi connectivity index (χ3v) is 3.46. The lowest BCUT2D eigenvalue weighted by molar-refractivity contribution is -0.120. The van der Waals surface area contributed by atoms with Crippen LogP contribution in [0.15, 0.2) is 54.6 Å². The van der Waals surface area contributed by atoms with Gasteiger partial charge < -0.3 is 15.4 Å². The van der Waals surface area contributed by atoms with Crippen molar-refractivity contribution in [3.8, 4) is 18.1 Å². The van der Waals surface area contributed by atoms with Gasteiger partial charge in [0.25, 0.3) is 0 Å². The van der Waals surface area contributed by atoms with Crippen molar-refractivity contribution in [1.82, 2.24) is 10.6 Å². The second-order valence-corrected chi connectivity index (χ2v) is 5.29. The maximum atomic E-state index is 11.8. The van der Waals surface area contributed by atoms with Crippen molar-refractivity contribution in [2.75, 3.05) is 19.7 Å². The summed E-state index contributed by atoms with van der Waals surface area (Å²) in [6.45, 7) is 1.68. The Morgan fingerprint density at radius 1 is 1.08 bits per heavy atom. The Hall–Kier alpha value is -2.77. The molecular formula is C20H22N2O2. The number of hydrogen-bond donors (Lipinski definition) is 2. The van der Waals surface area contributed by atoms with Gasteiger partial charge in [0.05, 0.1) is 6.54 Å². The Morgan fingerprint density at radius 2 is 1.83 bits per heavy atom. The van der Waals surface area contributed by atoms with Crippen LogP contribution in [0.5, 0.6) is 5.75 Å². The first-order valence-electron chi connectivity index (χ1n) is 7.95. The lowest BCUT2D eigenvalue weighted by Gasteiger charge is -2.11. The molecule has 0 aliphatic carbocycles. The minimum Gasteiger partial charge on any atom is -0.481 e. The molecule has 0 saturated heterocycles. The lowest BCUT2D eigenvalue weighted by Crippen LogP contribution is -2.34. The summed E-state index contributed by atoms with van der Waals surface area (Å²) in [6, 6.07) is 17.7. The number of hydrogen-bond acceptors (Lipinski definition) is 3. The van der Waals surface area contributed by atoms with Crippen LogP contribution in [0.25, 0.3) is 0 Å². The first kappa shape index (κ1) is 17.6. The van der Waals surface area contributed by atoms with E-state index in [1.54, 1.807) is 0 Å². The molecule has 0 saturated carbocycles. The highest BCUT2D eigenvalue weighted by molar-refractivity contribution is 5.77. The molecule has 2 rings (SSSR count). The fraction of sp³-hybridized carbons (Fsp3) is 0.250. The Morgan fingerprint density at radius 3 is 2.62 bits per heavy atom. The number of nitrogens with one attached hydrogen (secondary N) is 2. The van der Waals surface area contributed by atoms with Crippen molar-refractivity contribution >= 4 is 5.91 Å². The summed E-state index contributed by atoms with van der Waals surface area (Å²) >= 11 is 0. The van der Waals surface area contributed by atoms with E-state index in [-0.39, 0.29) is 19.1 Å². The predicted molar refractivity (Wildman–Crippen MR) is 95.6 cm³/mol. The minimum atomic E-state index is -0.0204. The smallest absolute Gasteiger partial charge is 0.233 e. The zero-order chi connectivity index (χ0) is 17.0. The van der Waals surface area contributed by atoms with E-state index in [2.05, 4.69) is 28.7 Å². The largest absolute Gasteiger partial charge is 0.481 e. The van der Waals surface area contributed by atoms with E-state index in [4.69, 9.17) is 11.2 Å². The van der Waals surface area contributed by atoms with Crippen LogP contribution >= 0.6 is 0 Å². The second-order valence-electron chi connectivity index (χ2n) is 5.29. The van der Waals surface area contributed by atoms with Gasteiger partial charge >= 0.3 is 0 Å². The highest BCUT2D eigenvalue weighted by Crippen LogP contribution is 2.17. The molecule has 2 aromatic rings. The van der Waals surface area contributed by atoms with E-state index in [9.17, 15) is 4.79 Å². The van der Waals surface area contributed by atoms with E-state index in [0.29, 0.717) is 13.1 Å². The zero-order valence-corrected chi connectivity index (χ0v) is 13.6. The molecule has 2 aromatic carbocycles. The van der Waals surface area contributed by atoms with Gasteiger partial charge in [0, 0.05) is 18.7 Å². The summed E-state index contributed by atoms with van der Waals surface area (Å²) in [5.74, 6) is 3.17. The predicted octanol–water partition coefficient (Wildman–Crippen LogP) is 2.15. The molecule has 0 bridgehead atoms. The molecule has 0 atom stereocenters. The quantitative estimate of drug-likeness (QED) is 0.696. The number of para-hydroxylation sites is 1. The number of benzene rings is 2. The Balaban J connectivity index is 1.68. The van der Waals surface area contributed by atoms with Crippen LogP contribution < -0.4 is 15.4 Å². The summed E-state index contributed by atoms with van der Waals surface area (Å²) in [5, 5.41) is 6.03. The molecule has 0 fully saturated rings. The number of rotatable bonds is 9. The molecule has 0 radical (unpaired) electrons. The molecule has 0 spiro atoms. The van der Waals surface area contributed by atoms with Crippen molar-refractivity contribution in [3.63, 3.8) is 0 Å². The van der Waals surface area contributed by atoms with Crippen LogP contribution in [-0.2, 0) is 17.8 Å². The fourth-order valence-corrected chi connectivity index (χ4v) is 2.27. The van der Waals surface area contributed by atoms with Crippen LogP contribution in [0.1, 0.15) is 11.1 Å². The SMILES string of the molecule is C#CCOc1ccccc1CNCC(=O)NCCc1ccccc1. The van der Waals surface area contributed by atoms with E-state index < -0.39 is 0 Å². The van der Waals surface area contributed by atoms with E-state index in [1.165, 1.54) is 5.56 Å². The molecule has 0 heterocycles. The molecule has 1 amide bonds. The van der Waals surface area contributed by atoms with Crippen molar-refractivity contribution in [2.24, 2.45) is 0 Å². The van der Waals surface area contributed by atoms with E-state index >= 15 is 0 Å². The van der Waals surface area contributed by atoms with Crippen LogP contribution in [0.2, 0.25) is 0 Å². The summed E-state index contributed by atoms with van der Waals surface area (Å²) in [5.41, 5.74) is 2.19. The maximum Gasteiger partial charge on any atom is 0.233 e. The molecule has 4 nitrogen and oxygen atoms in total. The normalized spacial score (nSPS) is 9.96. The van der Waals surface area contributed by atoms with Gasteiger partial charge in [0.1, 0.15) is 12.4 Å². The van der Waals surface area contributed by atoms with Crippen molar-refractivity contribution in [2.45, 2.75) is 13.0 Å². The van der Waals surface area contributed by atoms with Gasteiger partial charge in [-0.05, 0) is 18.1 Å². The average molecular weight is 322 g/mol. The van der Waals surface area contributed by atoms with Gasteiger partial charge in [-0.3, -0.25) is 4.79 Å². The third-order valence-electron chi connectivity index (χ3n) is 3.46. The minimum absolute atomic E-state index is 0.0204. The van der Waals surface area contributed by atoms with Crippen LogP contribution in [-0.4, -0.2) is 25.6 Å². The fourth-order valence-electron chi connectivity index (χ4n) is 2.27. The maximum absolute atomic E-state index is 11.8. The summed E-state index contributed by atoms with van der Waals surface area (Å²) in [4.78, 5) is 11.8. The topological polar surface area (TPSA) is 50.4 Å². The van der Waals surface area contributed by atoms with Gasteiger partial charge in [-0.1, -0.05) is 54.5 Å². The Bertz CT molecular complexity index is 678. The lowest BCUT2D eigenvalue weighted by atomic mass is 10.1. The second kappa shape index (κ2) is 10.1. The standard InChI is InChI=1S/C20H22N2O2/c1-2-14-24-19-11-7-6-10-18(19)15-21-16-20(23)22-13-12-17-8-4-3-5-9-17/h1,3-11,21H,12-16H2,(H,22,23). The molecular weight excluding hydrogens is 300 g/mol. The van der Waals surface area contributed by atoms with E-state index in [1.807, 2.05) is 42.5 Å². The van der Waals surface area contributed by atoms with Gasteiger partial charge in [-0.2, -0.15) is 0 Å². The average Bonchev–Trinajstić information content (AvgIpc) is 2.62. The monoisotopic (exact) mass is 322 g/mol. The number of amides is 1. The van der Waals surface area contributed by atoms with Crippen LogP contribution in [0, 0.1) is 12.3 Å².